The minimum atomic E-state index is -0.188. The molecular formula is C22H24N4O3. The van der Waals surface area contributed by atoms with Crippen LogP contribution in [-0.4, -0.2) is 47.1 Å². The lowest BCUT2D eigenvalue weighted by atomic mass is 9.83. The molecule has 5 rings (SSSR count). The molecule has 150 valence electrons. The number of rotatable bonds is 2. The predicted molar refractivity (Wildman–Crippen MR) is 109 cm³/mol. The summed E-state index contributed by atoms with van der Waals surface area (Å²) in [7, 11) is 0. The van der Waals surface area contributed by atoms with Crippen LogP contribution in [0.2, 0.25) is 0 Å². The van der Waals surface area contributed by atoms with E-state index in [2.05, 4.69) is 5.32 Å². The van der Waals surface area contributed by atoms with Crippen molar-refractivity contribution in [3.63, 3.8) is 0 Å². The zero-order chi connectivity index (χ0) is 20.0. The summed E-state index contributed by atoms with van der Waals surface area (Å²) in [5.41, 5.74) is 1.93. The number of nitrogens with one attached hydrogen (secondary N) is 1. The molecule has 2 bridgehead atoms. The van der Waals surface area contributed by atoms with Crippen LogP contribution < -0.4 is 15.8 Å². The first kappa shape index (κ1) is 18.0. The van der Waals surface area contributed by atoms with Gasteiger partial charge in [-0.05, 0) is 30.5 Å². The lowest BCUT2D eigenvalue weighted by Crippen LogP contribution is -2.53. The molecule has 0 aliphatic carbocycles. The number of hydrogen-bond donors (Lipinski definition) is 1. The Morgan fingerprint density at radius 1 is 0.931 bits per heavy atom. The quantitative estimate of drug-likeness (QED) is 0.847. The van der Waals surface area contributed by atoms with Crippen molar-refractivity contribution < 1.29 is 9.59 Å². The molecule has 0 spiro atoms. The van der Waals surface area contributed by atoms with Crippen molar-refractivity contribution in [3.05, 3.63) is 64.6 Å². The maximum absolute atomic E-state index is 12.9. The van der Waals surface area contributed by atoms with Crippen LogP contribution >= 0.6 is 0 Å². The number of nitrogens with zero attached hydrogens (tertiary/aromatic N) is 3. The molecule has 1 aromatic heterocycles. The summed E-state index contributed by atoms with van der Waals surface area (Å²) in [6, 6.07) is 14.7. The smallest absolute Gasteiger partial charge is 0.317 e. The van der Waals surface area contributed by atoms with Gasteiger partial charge in [0.05, 0.1) is 6.04 Å². The Hall–Kier alpha value is -3.09. The molecular weight excluding hydrogens is 368 g/mol. The van der Waals surface area contributed by atoms with E-state index in [1.165, 1.54) is 0 Å². The van der Waals surface area contributed by atoms with E-state index in [4.69, 9.17) is 0 Å². The fourth-order valence-electron chi connectivity index (χ4n) is 4.99. The number of fused-ring (bicyclic) bond motifs is 4. The summed E-state index contributed by atoms with van der Waals surface area (Å²) in [6.45, 7) is 2.41. The van der Waals surface area contributed by atoms with Crippen molar-refractivity contribution >= 4 is 17.6 Å². The number of urea groups is 1. The van der Waals surface area contributed by atoms with Gasteiger partial charge in [-0.15, -0.1) is 0 Å². The fraction of sp³-hybridized carbons (Fsp3) is 0.409. The Morgan fingerprint density at radius 3 is 2.59 bits per heavy atom. The van der Waals surface area contributed by atoms with Gasteiger partial charge in [0.15, 0.2) is 0 Å². The number of likely N-dealkylation sites (tertiary alicyclic amines) is 1. The van der Waals surface area contributed by atoms with Crippen LogP contribution in [0.3, 0.4) is 0 Å². The first-order valence-electron chi connectivity index (χ1n) is 10.2. The van der Waals surface area contributed by atoms with E-state index in [9.17, 15) is 14.4 Å². The number of hydrogen-bond acceptors (Lipinski definition) is 3. The van der Waals surface area contributed by atoms with Crippen molar-refractivity contribution in [1.82, 2.24) is 14.8 Å². The normalized spacial score (nSPS) is 25.7. The minimum Gasteiger partial charge on any atom is -0.333 e. The largest absolute Gasteiger partial charge is 0.333 e. The Labute approximate surface area is 168 Å². The number of anilines is 1. The molecule has 3 unspecified atom stereocenters. The average Bonchev–Trinajstić information content (AvgIpc) is 3.09. The number of pyridine rings is 1. The van der Waals surface area contributed by atoms with E-state index in [0.29, 0.717) is 32.6 Å². The van der Waals surface area contributed by atoms with E-state index in [-0.39, 0.29) is 35.4 Å². The zero-order valence-corrected chi connectivity index (χ0v) is 16.2. The topological polar surface area (TPSA) is 74.7 Å². The highest BCUT2D eigenvalue weighted by atomic mass is 16.2. The van der Waals surface area contributed by atoms with Crippen molar-refractivity contribution in [1.29, 1.82) is 0 Å². The van der Waals surface area contributed by atoms with E-state index < -0.39 is 0 Å². The van der Waals surface area contributed by atoms with E-state index in [1.54, 1.807) is 17.0 Å². The molecule has 4 heterocycles. The van der Waals surface area contributed by atoms with Gasteiger partial charge in [0.25, 0.3) is 5.56 Å². The van der Waals surface area contributed by atoms with Crippen molar-refractivity contribution in [2.45, 2.75) is 31.3 Å². The number of para-hydroxylation sites is 1. The fourth-order valence-corrected chi connectivity index (χ4v) is 4.99. The van der Waals surface area contributed by atoms with Crippen molar-refractivity contribution in [2.24, 2.45) is 5.92 Å². The second-order valence-electron chi connectivity index (χ2n) is 8.29. The van der Waals surface area contributed by atoms with E-state index in [1.807, 2.05) is 45.9 Å². The van der Waals surface area contributed by atoms with Gasteiger partial charge >= 0.3 is 6.03 Å². The summed E-state index contributed by atoms with van der Waals surface area (Å²) in [6.07, 6.45) is 1.33. The maximum atomic E-state index is 12.9. The Morgan fingerprint density at radius 2 is 1.76 bits per heavy atom. The van der Waals surface area contributed by atoms with Crippen molar-refractivity contribution in [3.8, 4) is 0 Å². The maximum Gasteiger partial charge on any atom is 0.317 e. The number of piperidine rings is 1. The predicted octanol–water partition coefficient (Wildman–Crippen LogP) is 1.78. The molecule has 1 N–H and O–H groups in total. The molecule has 2 fully saturated rings. The molecule has 2 aromatic rings. The molecule has 1 aromatic carbocycles. The van der Waals surface area contributed by atoms with Crippen LogP contribution in [0.25, 0.3) is 0 Å². The molecule has 7 nitrogen and oxygen atoms in total. The molecule has 3 aliphatic heterocycles. The van der Waals surface area contributed by atoms with Gasteiger partial charge in [0.2, 0.25) is 5.91 Å². The lowest BCUT2D eigenvalue weighted by Gasteiger charge is -2.42. The van der Waals surface area contributed by atoms with Gasteiger partial charge < -0.3 is 19.7 Å². The Kier molecular flexibility index (Phi) is 4.38. The van der Waals surface area contributed by atoms with E-state index >= 15 is 0 Å². The van der Waals surface area contributed by atoms with E-state index in [0.717, 1.165) is 17.8 Å². The molecule has 0 radical (unpaired) electrons. The molecule has 29 heavy (non-hydrogen) atoms. The zero-order valence-electron chi connectivity index (χ0n) is 16.2. The lowest BCUT2D eigenvalue weighted by molar-refractivity contribution is -0.117. The highest BCUT2D eigenvalue weighted by Crippen LogP contribution is 2.35. The Bertz CT molecular complexity index is 1000. The number of carbonyl (C=O) groups is 2. The van der Waals surface area contributed by atoms with Gasteiger partial charge in [-0.3, -0.25) is 9.59 Å². The first-order valence-corrected chi connectivity index (χ1v) is 10.2. The SMILES string of the molecule is O=C(NC1CC(=O)N(c2ccccc2)C1)N1CC2CC(C1)c1cccc(=O)n1C2. The highest BCUT2D eigenvalue weighted by molar-refractivity contribution is 5.96. The first-order chi connectivity index (χ1) is 14.1. The molecule has 0 saturated carbocycles. The third-order valence-corrected chi connectivity index (χ3v) is 6.29. The number of aromatic nitrogens is 1. The molecule has 7 heteroatoms. The number of benzene rings is 1. The molecule has 2 saturated heterocycles. The third-order valence-electron chi connectivity index (χ3n) is 6.29. The van der Waals surface area contributed by atoms with Crippen molar-refractivity contribution in [2.75, 3.05) is 24.5 Å². The molecule has 3 amide bonds. The summed E-state index contributed by atoms with van der Waals surface area (Å²) < 4.78 is 1.86. The van der Waals surface area contributed by atoms with Gasteiger partial charge in [0.1, 0.15) is 0 Å². The van der Waals surface area contributed by atoms with Gasteiger partial charge in [-0.2, -0.15) is 0 Å². The standard InChI is InChI=1S/C22H24N4O3/c27-20-8-4-7-19-16-9-15(12-26(19)20)11-24(13-16)22(29)23-17-10-21(28)25(14-17)18-5-2-1-3-6-18/h1-8,15-17H,9-14H2,(H,23,29). The third kappa shape index (κ3) is 3.30. The second-order valence-corrected chi connectivity index (χ2v) is 8.29. The number of carbonyl (C=O) groups excluding carboxylic acids is 2. The minimum absolute atomic E-state index is 0.0327. The van der Waals surface area contributed by atoms with Crippen LogP contribution in [0, 0.1) is 5.92 Å². The van der Waals surface area contributed by atoms with Crippen LogP contribution in [0.4, 0.5) is 10.5 Å². The molecule has 3 atom stereocenters. The average molecular weight is 392 g/mol. The molecule has 3 aliphatic rings. The van der Waals surface area contributed by atoms with Gasteiger partial charge in [-0.1, -0.05) is 24.3 Å². The van der Waals surface area contributed by atoms with Crippen LogP contribution in [-0.2, 0) is 11.3 Å². The van der Waals surface area contributed by atoms with Crippen LogP contribution in [0.1, 0.15) is 24.5 Å². The van der Waals surface area contributed by atoms with Crippen LogP contribution in [0.15, 0.2) is 53.3 Å². The monoisotopic (exact) mass is 392 g/mol. The summed E-state index contributed by atoms with van der Waals surface area (Å²) >= 11 is 0. The number of amides is 3. The highest BCUT2D eigenvalue weighted by Gasteiger charge is 2.38. The summed E-state index contributed by atoms with van der Waals surface area (Å²) in [4.78, 5) is 41.1. The van der Waals surface area contributed by atoms with Gasteiger partial charge in [-0.25, -0.2) is 4.79 Å². The van der Waals surface area contributed by atoms with Crippen LogP contribution in [0.5, 0.6) is 0 Å². The Balaban J connectivity index is 1.26. The second kappa shape index (κ2) is 7.06. The summed E-state index contributed by atoms with van der Waals surface area (Å²) in [5, 5.41) is 3.06. The van der Waals surface area contributed by atoms with Gasteiger partial charge in [0, 0.05) is 56.0 Å². The summed E-state index contributed by atoms with van der Waals surface area (Å²) in [5.74, 6) is 0.511.